The summed E-state index contributed by atoms with van der Waals surface area (Å²) in [5.74, 6) is 0.307. The molecule has 0 radical (unpaired) electrons. The van der Waals surface area contributed by atoms with Gasteiger partial charge < -0.3 is 0 Å². The molecule has 0 N–H and O–H groups in total. The number of unbranched alkanes of at least 4 members (excludes halogenated alkanes) is 1. The van der Waals surface area contributed by atoms with Crippen LogP contribution in [0, 0.1) is 17.7 Å². The largest absolute Gasteiger partial charge is 0.299 e. The molecule has 0 aromatic heterocycles. The summed E-state index contributed by atoms with van der Waals surface area (Å²) in [6.45, 7) is 2.12. The molecule has 0 saturated heterocycles. The molecule has 1 nitrogen and oxygen atoms in total. The molecule has 2 rings (SSSR count). The Kier molecular flexibility index (Phi) is 1.89. The minimum absolute atomic E-state index is 0.253. The van der Waals surface area contributed by atoms with Gasteiger partial charge in [0.2, 0.25) is 0 Å². The second-order valence-electron chi connectivity index (χ2n) is 4.14. The van der Waals surface area contributed by atoms with Crippen molar-refractivity contribution in [3.63, 3.8) is 0 Å². The van der Waals surface area contributed by atoms with Crippen molar-refractivity contribution in [2.75, 3.05) is 0 Å². The molecule has 0 heterocycles. The second-order valence-corrected chi connectivity index (χ2v) is 4.14. The Balaban J connectivity index is 2.02. The Morgan fingerprint density at radius 3 is 3.17 bits per heavy atom. The fraction of sp³-hybridized carbons (Fsp3) is 0.909. The topological polar surface area (TPSA) is 17.1 Å². The van der Waals surface area contributed by atoms with Crippen LogP contribution in [0.2, 0.25) is 0 Å². The Hall–Kier alpha value is -0.330. The van der Waals surface area contributed by atoms with Crippen LogP contribution in [-0.2, 0) is 4.79 Å². The lowest BCUT2D eigenvalue weighted by atomic mass is 9.64. The van der Waals surface area contributed by atoms with E-state index in [1.165, 1.54) is 6.42 Å². The maximum Gasteiger partial charge on any atom is 0.139 e. The molecule has 3 atom stereocenters. The predicted octanol–water partition coefficient (Wildman–Crippen LogP) is 2.79. The molecule has 2 aliphatic carbocycles. The molecule has 0 unspecified atom stereocenters. The van der Waals surface area contributed by atoms with Crippen molar-refractivity contribution in [2.45, 2.75) is 45.4 Å². The summed E-state index contributed by atoms with van der Waals surface area (Å²) in [5.41, 5.74) is 0. The highest BCUT2D eigenvalue weighted by molar-refractivity contribution is 5.90. The van der Waals surface area contributed by atoms with Crippen LogP contribution in [0.3, 0.4) is 0 Å². The van der Waals surface area contributed by atoms with Crippen LogP contribution in [0.4, 0.5) is 0 Å². The highest BCUT2D eigenvalue weighted by Crippen LogP contribution is 2.50. The van der Waals surface area contributed by atoms with E-state index in [-0.39, 0.29) is 11.7 Å². The zero-order valence-corrected chi connectivity index (χ0v) is 7.81. The van der Waals surface area contributed by atoms with Crippen molar-refractivity contribution in [3.05, 3.63) is 0 Å². The number of rotatable bonds is 3. The van der Waals surface area contributed by atoms with Crippen LogP contribution < -0.4 is 0 Å². The quantitative estimate of drug-likeness (QED) is 0.631. The minimum atomic E-state index is -0.656. The zero-order chi connectivity index (χ0) is 9.47. The van der Waals surface area contributed by atoms with E-state index in [4.69, 9.17) is 1.37 Å². The van der Waals surface area contributed by atoms with Crippen molar-refractivity contribution < 1.29 is 6.17 Å². The van der Waals surface area contributed by atoms with Crippen LogP contribution in [0.25, 0.3) is 0 Å². The monoisotopic (exact) mass is 167 g/mol. The molecule has 68 valence electrons. The van der Waals surface area contributed by atoms with Gasteiger partial charge in [0.1, 0.15) is 5.78 Å². The molecule has 0 bridgehead atoms. The Bertz CT molecular complexity index is 226. The van der Waals surface area contributed by atoms with E-state index in [0.29, 0.717) is 5.92 Å². The number of hydrogen-bond acceptors (Lipinski definition) is 1. The van der Waals surface area contributed by atoms with E-state index in [9.17, 15) is 4.79 Å². The molecule has 0 aromatic rings. The summed E-state index contributed by atoms with van der Waals surface area (Å²) in [4.78, 5) is 11.7. The van der Waals surface area contributed by atoms with Gasteiger partial charge in [0.05, 0.1) is 0 Å². The van der Waals surface area contributed by atoms with Gasteiger partial charge in [-0.05, 0) is 25.2 Å². The van der Waals surface area contributed by atoms with Gasteiger partial charge in [0, 0.05) is 13.2 Å². The first kappa shape index (κ1) is 7.11. The maximum atomic E-state index is 11.7. The first-order valence-electron chi connectivity index (χ1n) is 5.74. The molecular formula is C11H18O. The van der Waals surface area contributed by atoms with Crippen molar-refractivity contribution in [3.8, 4) is 0 Å². The summed E-state index contributed by atoms with van der Waals surface area (Å²) in [6.07, 6.45) is 6.32. The van der Waals surface area contributed by atoms with Crippen LogP contribution in [-0.4, -0.2) is 5.78 Å². The molecular weight excluding hydrogens is 148 g/mol. The molecule has 0 spiro atoms. The summed E-state index contributed by atoms with van der Waals surface area (Å²) in [6, 6.07) is 0. The third kappa shape index (κ3) is 1.10. The minimum Gasteiger partial charge on any atom is -0.299 e. The van der Waals surface area contributed by atoms with Gasteiger partial charge in [-0.2, -0.15) is 0 Å². The number of ketones is 1. The molecule has 2 aliphatic rings. The lowest BCUT2D eigenvalue weighted by Crippen LogP contribution is -2.44. The van der Waals surface area contributed by atoms with Crippen molar-refractivity contribution in [1.82, 2.24) is 0 Å². The van der Waals surface area contributed by atoms with Gasteiger partial charge in [0.25, 0.3) is 0 Å². The molecule has 0 amide bonds. The highest BCUT2D eigenvalue weighted by Gasteiger charge is 2.50. The van der Waals surface area contributed by atoms with Gasteiger partial charge in [-0.1, -0.05) is 26.2 Å². The Morgan fingerprint density at radius 1 is 1.58 bits per heavy atom. The van der Waals surface area contributed by atoms with Crippen LogP contribution >= 0.6 is 0 Å². The summed E-state index contributed by atoms with van der Waals surface area (Å²) in [7, 11) is 0. The number of hydrogen-bond donors (Lipinski definition) is 0. The number of carbonyl (C=O) groups is 1. The van der Waals surface area contributed by atoms with Crippen molar-refractivity contribution in [1.29, 1.82) is 0 Å². The molecule has 0 aromatic carbocycles. The highest BCUT2D eigenvalue weighted by atomic mass is 16.1. The van der Waals surface area contributed by atoms with E-state index < -0.39 is 5.89 Å². The average Bonchev–Trinajstić information content (AvgIpc) is 2.59. The Morgan fingerprint density at radius 2 is 2.42 bits per heavy atom. The van der Waals surface area contributed by atoms with E-state index in [0.717, 1.165) is 32.1 Å². The number of fused-ring (bicyclic) bond motifs is 1. The Labute approximate surface area is 75.9 Å². The van der Waals surface area contributed by atoms with Gasteiger partial charge in [0.15, 0.2) is 0 Å². The molecule has 0 aliphatic heterocycles. The smallest absolute Gasteiger partial charge is 0.139 e. The molecule has 2 fully saturated rings. The normalized spacial score (nSPS) is 46.8. The number of Topliss-reactive ketones (excluding diaryl/α,β-unsaturated/α-hetero) is 1. The van der Waals surface area contributed by atoms with E-state index in [1.54, 1.807) is 0 Å². The third-order valence-corrected chi connectivity index (χ3v) is 3.42. The first-order chi connectivity index (χ1) is 6.20. The lowest BCUT2D eigenvalue weighted by Gasteiger charge is -2.38. The molecule has 12 heavy (non-hydrogen) atoms. The van der Waals surface area contributed by atoms with Crippen LogP contribution in [0.5, 0.6) is 0 Å². The van der Waals surface area contributed by atoms with Crippen LogP contribution in [0.1, 0.15) is 46.8 Å². The first-order valence-corrected chi connectivity index (χ1v) is 5.24. The van der Waals surface area contributed by atoms with Gasteiger partial charge in [-0.15, -0.1) is 0 Å². The fourth-order valence-electron chi connectivity index (χ4n) is 2.69. The summed E-state index contributed by atoms with van der Waals surface area (Å²) < 4.78 is 8.15. The maximum absolute atomic E-state index is 11.7. The zero-order valence-electron chi connectivity index (χ0n) is 8.81. The lowest BCUT2D eigenvalue weighted by molar-refractivity contribution is -0.141. The fourth-order valence-corrected chi connectivity index (χ4v) is 2.69. The average molecular weight is 167 g/mol. The summed E-state index contributed by atoms with van der Waals surface area (Å²) >= 11 is 0. The van der Waals surface area contributed by atoms with Gasteiger partial charge in [-0.3, -0.25) is 4.79 Å². The standard InChI is InChI=1S/C11H18O/c1-2-3-5-9-8-6-4-7-10(8)11(9)12/h8-10H,2-7H2,1H3/t8-,9+,10-/m1/s1/i9D. The van der Waals surface area contributed by atoms with E-state index >= 15 is 0 Å². The predicted molar refractivity (Wildman–Crippen MR) is 48.9 cm³/mol. The molecule has 2 saturated carbocycles. The van der Waals surface area contributed by atoms with Crippen molar-refractivity contribution >= 4 is 5.78 Å². The van der Waals surface area contributed by atoms with Crippen LogP contribution in [0.15, 0.2) is 0 Å². The second kappa shape index (κ2) is 3.20. The van der Waals surface area contributed by atoms with E-state index in [1.807, 2.05) is 0 Å². The molecule has 1 heteroatoms. The van der Waals surface area contributed by atoms with Gasteiger partial charge >= 0.3 is 0 Å². The number of carbonyl (C=O) groups excluding carboxylic acids is 1. The third-order valence-electron chi connectivity index (χ3n) is 3.42. The SMILES string of the molecule is [2H][C@@]1(CCCC)C(=O)[C@@H]2CCC[C@@H]21. The van der Waals surface area contributed by atoms with Crippen molar-refractivity contribution in [2.24, 2.45) is 17.7 Å². The van der Waals surface area contributed by atoms with Gasteiger partial charge in [-0.25, -0.2) is 0 Å². The van der Waals surface area contributed by atoms with E-state index in [2.05, 4.69) is 6.92 Å². The summed E-state index contributed by atoms with van der Waals surface area (Å²) in [5, 5.41) is 0.